The molecule has 0 radical (unpaired) electrons. The van der Waals surface area contributed by atoms with Crippen LogP contribution in [-0.2, 0) is 16.4 Å². The predicted octanol–water partition coefficient (Wildman–Crippen LogP) is 4.22. The van der Waals surface area contributed by atoms with Crippen LogP contribution in [0.2, 0.25) is 0 Å². The van der Waals surface area contributed by atoms with Crippen molar-refractivity contribution in [3.8, 4) is 0 Å². The summed E-state index contributed by atoms with van der Waals surface area (Å²) in [5.74, 6) is -0.350. The van der Waals surface area contributed by atoms with Gasteiger partial charge < -0.3 is 4.90 Å². The first-order valence-corrected chi connectivity index (χ1v) is 11.4. The fourth-order valence-corrected chi connectivity index (χ4v) is 5.15. The molecule has 1 heterocycles. The number of aryl methyl sites for hydroxylation is 2. The maximum atomic E-state index is 13.2. The van der Waals surface area contributed by atoms with E-state index in [-0.39, 0.29) is 27.7 Å². The summed E-state index contributed by atoms with van der Waals surface area (Å²) in [7, 11) is -3.84. The van der Waals surface area contributed by atoms with Crippen LogP contribution in [0.25, 0.3) is 0 Å². The highest BCUT2D eigenvalue weighted by Crippen LogP contribution is 2.33. The average Bonchev–Trinajstić information content (AvgIpc) is 3.18. The van der Waals surface area contributed by atoms with Crippen LogP contribution in [0, 0.1) is 24.0 Å². The molecule has 0 aromatic heterocycles. The highest BCUT2D eigenvalue weighted by molar-refractivity contribution is 7.92. The molecular formula is C23H21N3O5S. The van der Waals surface area contributed by atoms with Crippen molar-refractivity contribution in [3.05, 3.63) is 93.0 Å². The Bertz CT molecular complexity index is 1350. The summed E-state index contributed by atoms with van der Waals surface area (Å²) in [6.07, 6.45) is 0.595. The van der Waals surface area contributed by atoms with E-state index >= 15 is 0 Å². The highest BCUT2D eigenvalue weighted by Gasteiger charge is 2.28. The minimum atomic E-state index is -3.84. The quantitative estimate of drug-likeness (QED) is 0.461. The van der Waals surface area contributed by atoms with Gasteiger partial charge >= 0.3 is 0 Å². The van der Waals surface area contributed by atoms with Crippen LogP contribution in [0.3, 0.4) is 0 Å². The second-order valence-electron chi connectivity index (χ2n) is 7.73. The smallest absolute Gasteiger partial charge is 0.271 e. The van der Waals surface area contributed by atoms with Gasteiger partial charge in [-0.25, -0.2) is 8.42 Å². The first-order valence-electron chi connectivity index (χ1n) is 9.95. The number of nitrogens with one attached hydrogen (secondary N) is 1. The van der Waals surface area contributed by atoms with Gasteiger partial charge in [0.1, 0.15) is 0 Å². The first-order chi connectivity index (χ1) is 15.2. The Hall–Kier alpha value is -3.72. The lowest BCUT2D eigenvalue weighted by molar-refractivity contribution is -0.384. The molecule has 0 spiro atoms. The van der Waals surface area contributed by atoms with E-state index < -0.39 is 14.9 Å². The maximum Gasteiger partial charge on any atom is 0.271 e. The Morgan fingerprint density at radius 1 is 1.06 bits per heavy atom. The summed E-state index contributed by atoms with van der Waals surface area (Å²) in [6, 6.07) is 15.9. The number of nitro groups is 1. The normalized spacial score (nSPS) is 13.0. The lowest BCUT2D eigenvalue weighted by Gasteiger charge is -2.18. The number of carbonyl (C=O) groups is 1. The third kappa shape index (κ3) is 4.06. The number of anilines is 2. The summed E-state index contributed by atoms with van der Waals surface area (Å²) in [4.78, 5) is 25.4. The molecule has 9 heteroatoms. The molecule has 1 amide bonds. The fraction of sp³-hybridized carbons (Fsp3) is 0.174. The first kappa shape index (κ1) is 21.5. The fourth-order valence-electron chi connectivity index (χ4n) is 3.77. The zero-order chi connectivity index (χ0) is 23.0. The van der Waals surface area contributed by atoms with Gasteiger partial charge in [-0.2, -0.15) is 0 Å². The van der Waals surface area contributed by atoms with Gasteiger partial charge in [-0.05, 0) is 61.2 Å². The van der Waals surface area contributed by atoms with Crippen molar-refractivity contribution in [1.82, 2.24) is 0 Å². The van der Waals surface area contributed by atoms with Crippen molar-refractivity contribution < 1.29 is 18.1 Å². The van der Waals surface area contributed by atoms with Crippen molar-refractivity contribution in [2.75, 3.05) is 16.2 Å². The second kappa shape index (κ2) is 8.08. The number of benzene rings is 3. The molecule has 1 aliphatic rings. The van der Waals surface area contributed by atoms with E-state index in [0.717, 1.165) is 11.1 Å². The summed E-state index contributed by atoms with van der Waals surface area (Å²) in [5.41, 5.74) is 3.26. The van der Waals surface area contributed by atoms with Crippen LogP contribution in [0.5, 0.6) is 0 Å². The number of nitrogens with zero attached hydrogens (tertiary/aromatic N) is 2. The average molecular weight is 452 g/mol. The van der Waals surface area contributed by atoms with Crippen LogP contribution < -0.4 is 9.62 Å². The van der Waals surface area contributed by atoms with E-state index in [1.165, 1.54) is 23.1 Å². The topological polar surface area (TPSA) is 110 Å². The molecule has 0 atom stereocenters. The van der Waals surface area contributed by atoms with Crippen LogP contribution >= 0.6 is 0 Å². The SMILES string of the molecule is Cc1ccc(C)c(S(=O)(=O)Nc2cccc(C(=O)N3CCc4ccc([N+](=O)[O-])cc43)c2)c1. The number of fused-ring (bicyclic) bond motifs is 1. The Morgan fingerprint density at radius 3 is 2.59 bits per heavy atom. The molecule has 3 aromatic carbocycles. The lowest BCUT2D eigenvalue weighted by Crippen LogP contribution is -2.29. The van der Waals surface area contributed by atoms with Crippen LogP contribution in [0.15, 0.2) is 65.6 Å². The van der Waals surface area contributed by atoms with Gasteiger partial charge in [-0.3, -0.25) is 19.6 Å². The molecular weight excluding hydrogens is 430 g/mol. The van der Waals surface area contributed by atoms with Gasteiger partial charge in [-0.15, -0.1) is 0 Å². The standard InChI is InChI=1S/C23H21N3O5S/c1-15-6-7-16(2)22(12-15)32(30,31)24-19-5-3-4-18(13-19)23(27)25-11-10-17-8-9-20(26(28)29)14-21(17)25/h3-9,12-14,24H,10-11H2,1-2H3. The van der Waals surface area contributed by atoms with E-state index in [9.17, 15) is 23.3 Å². The number of non-ortho nitro benzene ring substituents is 1. The molecule has 4 rings (SSSR count). The van der Waals surface area contributed by atoms with Gasteiger partial charge in [0.2, 0.25) is 0 Å². The highest BCUT2D eigenvalue weighted by atomic mass is 32.2. The molecule has 8 nitrogen and oxygen atoms in total. The van der Waals surface area contributed by atoms with Crippen molar-refractivity contribution in [3.63, 3.8) is 0 Å². The molecule has 0 saturated carbocycles. The van der Waals surface area contributed by atoms with Crippen molar-refractivity contribution >= 4 is 33.0 Å². The molecule has 0 saturated heterocycles. The summed E-state index contributed by atoms with van der Waals surface area (Å²) >= 11 is 0. The molecule has 1 N–H and O–H groups in total. The molecule has 1 aliphatic heterocycles. The Morgan fingerprint density at radius 2 is 1.84 bits per heavy atom. The lowest BCUT2D eigenvalue weighted by atomic mass is 10.1. The van der Waals surface area contributed by atoms with Gasteiger partial charge in [0.25, 0.3) is 21.6 Å². The van der Waals surface area contributed by atoms with Crippen LogP contribution in [0.1, 0.15) is 27.0 Å². The summed E-state index contributed by atoms with van der Waals surface area (Å²) in [6.45, 7) is 3.93. The van der Waals surface area contributed by atoms with Gasteiger partial charge in [0, 0.05) is 29.9 Å². The Kier molecular flexibility index (Phi) is 5.43. The Labute approximate surface area is 185 Å². The van der Waals surface area contributed by atoms with Crippen molar-refractivity contribution in [2.45, 2.75) is 25.2 Å². The van der Waals surface area contributed by atoms with Gasteiger partial charge in [0.05, 0.1) is 15.5 Å². The number of rotatable bonds is 5. The number of amides is 1. The third-order valence-electron chi connectivity index (χ3n) is 5.42. The number of hydrogen-bond acceptors (Lipinski definition) is 5. The minimum Gasteiger partial charge on any atom is -0.307 e. The zero-order valence-electron chi connectivity index (χ0n) is 17.5. The molecule has 164 valence electrons. The molecule has 0 unspecified atom stereocenters. The van der Waals surface area contributed by atoms with E-state index in [1.54, 1.807) is 43.3 Å². The van der Waals surface area contributed by atoms with Gasteiger partial charge in [0.15, 0.2) is 0 Å². The molecule has 3 aromatic rings. The van der Waals surface area contributed by atoms with E-state index in [4.69, 9.17) is 0 Å². The van der Waals surface area contributed by atoms with E-state index in [1.807, 2.05) is 13.0 Å². The number of nitro benzene ring substituents is 1. The Balaban J connectivity index is 1.62. The van der Waals surface area contributed by atoms with Crippen molar-refractivity contribution in [1.29, 1.82) is 0 Å². The third-order valence-corrected chi connectivity index (χ3v) is 6.94. The number of hydrogen-bond donors (Lipinski definition) is 1. The van der Waals surface area contributed by atoms with Crippen LogP contribution in [-0.4, -0.2) is 25.8 Å². The predicted molar refractivity (Wildman–Crippen MR) is 122 cm³/mol. The minimum absolute atomic E-state index is 0.0847. The van der Waals surface area contributed by atoms with E-state index in [0.29, 0.717) is 24.2 Å². The number of carbonyl (C=O) groups excluding carboxylic acids is 1. The monoisotopic (exact) mass is 451 g/mol. The van der Waals surface area contributed by atoms with E-state index in [2.05, 4.69) is 4.72 Å². The molecule has 32 heavy (non-hydrogen) atoms. The van der Waals surface area contributed by atoms with Gasteiger partial charge in [-0.1, -0.05) is 24.3 Å². The number of sulfonamides is 1. The van der Waals surface area contributed by atoms with Crippen molar-refractivity contribution in [2.24, 2.45) is 0 Å². The largest absolute Gasteiger partial charge is 0.307 e. The summed E-state index contributed by atoms with van der Waals surface area (Å²) in [5, 5.41) is 11.1. The molecule has 0 bridgehead atoms. The molecule has 0 fully saturated rings. The maximum absolute atomic E-state index is 13.2. The zero-order valence-corrected chi connectivity index (χ0v) is 18.3. The van der Waals surface area contributed by atoms with Crippen LogP contribution in [0.4, 0.5) is 17.1 Å². The second-order valence-corrected chi connectivity index (χ2v) is 9.38. The molecule has 0 aliphatic carbocycles. The summed E-state index contributed by atoms with van der Waals surface area (Å²) < 4.78 is 28.4.